The van der Waals surface area contributed by atoms with Gasteiger partial charge in [-0.25, -0.2) is 0 Å². The molecule has 0 aliphatic carbocycles. The third-order valence-electron chi connectivity index (χ3n) is 3.27. The van der Waals surface area contributed by atoms with Crippen molar-refractivity contribution in [3.8, 4) is 0 Å². The van der Waals surface area contributed by atoms with Crippen molar-refractivity contribution in [3.05, 3.63) is 34.3 Å². The maximum atomic E-state index is 3.71. The molecule has 1 rings (SSSR count). The minimum atomic E-state index is 0.178. The van der Waals surface area contributed by atoms with Gasteiger partial charge in [0.15, 0.2) is 0 Å². The van der Waals surface area contributed by atoms with E-state index in [2.05, 4.69) is 73.2 Å². The minimum Gasteiger partial charge on any atom is -0.311 e. The van der Waals surface area contributed by atoms with Gasteiger partial charge in [0, 0.05) is 16.6 Å². The average Bonchev–Trinajstić information content (AvgIpc) is 2.38. The zero-order valence-electron chi connectivity index (χ0n) is 13.2. The van der Waals surface area contributed by atoms with Gasteiger partial charge in [-0.2, -0.15) is 11.8 Å². The highest BCUT2D eigenvalue weighted by atomic mass is 79.9. The molecule has 1 aromatic rings. The molecule has 0 spiro atoms. The molecule has 0 amide bonds. The SMILES string of the molecule is CCSCCCC(CNC(C)(C)C)c1ccccc1Br. The summed E-state index contributed by atoms with van der Waals surface area (Å²) in [6.45, 7) is 9.98. The summed E-state index contributed by atoms with van der Waals surface area (Å²) in [5, 5.41) is 3.66. The Morgan fingerprint density at radius 2 is 1.95 bits per heavy atom. The molecule has 0 aromatic heterocycles. The molecule has 0 heterocycles. The van der Waals surface area contributed by atoms with Crippen molar-refractivity contribution in [3.63, 3.8) is 0 Å². The van der Waals surface area contributed by atoms with Crippen LogP contribution in [0.15, 0.2) is 28.7 Å². The fourth-order valence-corrected chi connectivity index (χ4v) is 3.45. The number of benzene rings is 1. The molecule has 0 radical (unpaired) electrons. The van der Waals surface area contributed by atoms with E-state index >= 15 is 0 Å². The van der Waals surface area contributed by atoms with E-state index < -0.39 is 0 Å². The van der Waals surface area contributed by atoms with Gasteiger partial charge in [-0.05, 0) is 62.7 Å². The molecular formula is C17H28BrNS. The zero-order valence-corrected chi connectivity index (χ0v) is 15.6. The predicted octanol–water partition coefficient (Wildman–Crippen LogP) is 5.45. The average molecular weight is 358 g/mol. The highest BCUT2D eigenvalue weighted by molar-refractivity contribution is 9.10. The Morgan fingerprint density at radius 1 is 1.25 bits per heavy atom. The maximum Gasteiger partial charge on any atom is 0.0210 e. The molecule has 0 saturated carbocycles. The van der Waals surface area contributed by atoms with Gasteiger partial charge >= 0.3 is 0 Å². The Balaban J connectivity index is 2.66. The van der Waals surface area contributed by atoms with Crippen LogP contribution in [0.5, 0.6) is 0 Å². The molecule has 0 aliphatic heterocycles. The fourth-order valence-electron chi connectivity index (χ4n) is 2.18. The van der Waals surface area contributed by atoms with E-state index in [0.717, 1.165) is 6.54 Å². The van der Waals surface area contributed by atoms with E-state index in [1.807, 2.05) is 11.8 Å². The van der Waals surface area contributed by atoms with Crippen molar-refractivity contribution in [2.24, 2.45) is 0 Å². The van der Waals surface area contributed by atoms with Crippen LogP contribution in [0.1, 0.15) is 52.0 Å². The number of rotatable bonds is 8. The van der Waals surface area contributed by atoms with Crippen molar-refractivity contribution in [1.82, 2.24) is 5.32 Å². The lowest BCUT2D eigenvalue weighted by molar-refractivity contribution is 0.398. The first-order valence-electron chi connectivity index (χ1n) is 7.51. The summed E-state index contributed by atoms with van der Waals surface area (Å²) in [4.78, 5) is 0. The second kappa shape index (κ2) is 9.11. The van der Waals surface area contributed by atoms with E-state index in [1.165, 1.54) is 34.4 Å². The second-order valence-electron chi connectivity index (χ2n) is 6.19. The first-order valence-corrected chi connectivity index (χ1v) is 9.46. The largest absolute Gasteiger partial charge is 0.311 e. The fraction of sp³-hybridized carbons (Fsp3) is 0.647. The summed E-state index contributed by atoms with van der Waals surface area (Å²) >= 11 is 5.75. The maximum absolute atomic E-state index is 3.71. The smallest absolute Gasteiger partial charge is 0.0210 e. The Kier molecular flexibility index (Phi) is 8.23. The van der Waals surface area contributed by atoms with Gasteiger partial charge in [0.05, 0.1) is 0 Å². The number of thioether (sulfide) groups is 1. The van der Waals surface area contributed by atoms with Crippen LogP contribution in [0.4, 0.5) is 0 Å². The van der Waals surface area contributed by atoms with Crippen molar-refractivity contribution in [2.45, 2.75) is 52.0 Å². The monoisotopic (exact) mass is 357 g/mol. The van der Waals surface area contributed by atoms with Crippen LogP contribution in [0.25, 0.3) is 0 Å². The van der Waals surface area contributed by atoms with Gasteiger partial charge in [-0.3, -0.25) is 0 Å². The molecule has 0 saturated heterocycles. The van der Waals surface area contributed by atoms with Gasteiger partial charge in [0.25, 0.3) is 0 Å². The topological polar surface area (TPSA) is 12.0 Å². The van der Waals surface area contributed by atoms with E-state index in [-0.39, 0.29) is 5.54 Å². The highest BCUT2D eigenvalue weighted by Gasteiger charge is 2.17. The molecule has 3 heteroatoms. The lowest BCUT2D eigenvalue weighted by Crippen LogP contribution is -2.38. The molecule has 0 fully saturated rings. The summed E-state index contributed by atoms with van der Waals surface area (Å²) < 4.78 is 1.24. The molecule has 20 heavy (non-hydrogen) atoms. The first-order chi connectivity index (χ1) is 9.44. The molecular weight excluding hydrogens is 330 g/mol. The lowest BCUT2D eigenvalue weighted by Gasteiger charge is -2.26. The van der Waals surface area contributed by atoms with Gasteiger partial charge in [-0.1, -0.05) is 41.1 Å². The molecule has 1 aromatic carbocycles. The number of hydrogen-bond donors (Lipinski definition) is 1. The van der Waals surface area contributed by atoms with Crippen LogP contribution < -0.4 is 5.32 Å². The predicted molar refractivity (Wildman–Crippen MR) is 96.9 cm³/mol. The van der Waals surface area contributed by atoms with Crippen molar-refractivity contribution in [1.29, 1.82) is 0 Å². The van der Waals surface area contributed by atoms with E-state index in [4.69, 9.17) is 0 Å². The van der Waals surface area contributed by atoms with E-state index in [1.54, 1.807) is 0 Å². The Hall–Kier alpha value is 0.01000. The number of halogens is 1. The first kappa shape index (κ1) is 18.1. The van der Waals surface area contributed by atoms with Gasteiger partial charge < -0.3 is 5.32 Å². The highest BCUT2D eigenvalue weighted by Crippen LogP contribution is 2.29. The minimum absolute atomic E-state index is 0.178. The van der Waals surface area contributed by atoms with E-state index in [9.17, 15) is 0 Å². The van der Waals surface area contributed by atoms with Crippen molar-refractivity contribution < 1.29 is 0 Å². The Labute approximate surface area is 137 Å². The third kappa shape index (κ3) is 7.14. The molecule has 1 N–H and O–H groups in total. The van der Waals surface area contributed by atoms with Crippen LogP contribution in [0, 0.1) is 0 Å². The summed E-state index contributed by atoms with van der Waals surface area (Å²) in [7, 11) is 0. The molecule has 1 atom stereocenters. The van der Waals surface area contributed by atoms with Crippen LogP contribution in [0.3, 0.4) is 0 Å². The van der Waals surface area contributed by atoms with Crippen LogP contribution >= 0.6 is 27.7 Å². The quantitative estimate of drug-likeness (QED) is 0.620. The van der Waals surface area contributed by atoms with Gasteiger partial charge in [0.2, 0.25) is 0 Å². The Morgan fingerprint density at radius 3 is 2.55 bits per heavy atom. The number of hydrogen-bond acceptors (Lipinski definition) is 2. The summed E-state index contributed by atoms with van der Waals surface area (Å²) in [5.41, 5.74) is 1.61. The molecule has 0 bridgehead atoms. The van der Waals surface area contributed by atoms with Crippen LogP contribution in [0.2, 0.25) is 0 Å². The van der Waals surface area contributed by atoms with Crippen LogP contribution in [-0.2, 0) is 0 Å². The normalized spacial score (nSPS) is 13.4. The molecule has 1 nitrogen and oxygen atoms in total. The summed E-state index contributed by atoms with van der Waals surface area (Å²) in [6, 6.07) is 8.64. The van der Waals surface area contributed by atoms with E-state index in [0.29, 0.717) is 5.92 Å². The third-order valence-corrected chi connectivity index (χ3v) is 4.98. The number of nitrogens with one attached hydrogen (secondary N) is 1. The van der Waals surface area contributed by atoms with Crippen molar-refractivity contribution >= 4 is 27.7 Å². The summed E-state index contributed by atoms with van der Waals surface area (Å²) in [6.07, 6.45) is 2.54. The standard InChI is InChI=1S/C17H28BrNS/c1-5-20-12-8-9-14(13-19-17(2,3)4)15-10-6-7-11-16(15)18/h6-7,10-11,14,19H,5,8-9,12-13H2,1-4H3. The summed E-state index contributed by atoms with van der Waals surface area (Å²) in [5.74, 6) is 3.08. The second-order valence-corrected chi connectivity index (χ2v) is 8.44. The molecule has 0 aliphatic rings. The van der Waals surface area contributed by atoms with Crippen LogP contribution in [-0.4, -0.2) is 23.6 Å². The Bertz CT molecular complexity index is 387. The van der Waals surface area contributed by atoms with Crippen molar-refractivity contribution in [2.75, 3.05) is 18.1 Å². The zero-order chi connectivity index (χ0) is 15.0. The molecule has 1 unspecified atom stereocenters. The van der Waals surface area contributed by atoms with Gasteiger partial charge in [0.1, 0.15) is 0 Å². The lowest BCUT2D eigenvalue weighted by atomic mass is 9.93. The molecule has 114 valence electrons. The van der Waals surface area contributed by atoms with Gasteiger partial charge in [-0.15, -0.1) is 0 Å².